The lowest BCUT2D eigenvalue weighted by Gasteiger charge is -2.21. The van der Waals surface area contributed by atoms with Crippen LogP contribution in [0.1, 0.15) is 18.5 Å². The van der Waals surface area contributed by atoms with Crippen LogP contribution in [-0.4, -0.2) is 25.2 Å². The monoisotopic (exact) mass is 237 g/mol. The minimum absolute atomic E-state index is 0.577. The molecule has 0 saturated heterocycles. The molecule has 0 aliphatic rings. The summed E-state index contributed by atoms with van der Waals surface area (Å²) in [6.07, 6.45) is -1.13. The summed E-state index contributed by atoms with van der Waals surface area (Å²) in [5.41, 5.74) is 6.58. The Morgan fingerprint density at radius 2 is 1.82 bits per heavy atom. The van der Waals surface area contributed by atoms with Crippen molar-refractivity contribution < 1.29 is 19.1 Å². The zero-order valence-corrected chi connectivity index (χ0v) is 9.75. The van der Waals surface area contributed by atoms with Gasteiger partial charge < -0.3 is 15.2 Å². The van der Waals surface area contributed by atoms with E-state index in [9.17, 15) is 9.59 Å². The second-order valence-electron chi connectivity index (χ2n) is 3.49. The number of nitrogens with two attached hydrogens (primary N) is 1. The van der Waals surface area contributed by atoms with Crippen LogP contribution in [0, 0.1) is 0 Å². The van der Waals surface area contributed by atoms with Gasteiger partial charge in [-0.05, 0) is 5.56 Å². The predicted molar refractivity (Wildman–Crippen MR) is 60.9 cm³/mol. The lowest BCUT2D eigenvalue weighted by molar-refractivity contribution is -0.166. The smallest absolute Gasteiger partial charge is 0.349 e. The van der Waals surface area contributed by atoms with Gasteiger partial charge >= 0.3 is 11.9 Å². The molecule has 0 saturated carbocycles. The summed E-state index contributed by atoms with van der Waals surface area (Å²) in [5.74, 6) is -1.25. The van der Waals surface area contributed by atoms with Crippen molar-refractivity contribution in [3.63, 3.8) is 0 Å². The van der Waals surface area contributed by atoms with E-state index in [1.807, 2.05) is 6.07 Å². The summed E-state index contributed by atoms with van der Waals surface area (Å²) in [4.78, 5) is 22.4. The Kier molecular flexibility index (Phi) is 4.66. The van der Waals surface area contributed by atoms with Gasteiger partial charge in [0.1, 0.15) is 0 Å². The van der Waals surface area contributed by atoms with E-state index < -0.39 is 24.1 Å². The molecule has 1 aromatic rings. The van der Waals surface area contributed by atoms with Gasteiger partial charge in [0.25, 0.3) is 0 Å². The fourth-order valence-electron chi connectivity index (χ4n) is 1.41. The van der Waals surface area contributed by atoms with E-state index in [-0.39, 0.29) is 0 Å². The maximum Gasteiger partial charge on any atom is 0.349 e. The first kappa shape index (κ1) is 13.2. The quantitative estimate of drug-likeness (QED) is 0.783. The molecule has 0 radical (unpaired) electrons. The van der Waals surface area contributed by atoms with E-state index in [1.54, 1.807) is 24.3 Å². The lowest BCUT2D eigenvalue weighted by atomic mass is 10.0. The van der Waals surface area contributed by atoms with Gasteiger partial charge in [0.05, 0.1) is 13.2 Å². The first-order chi connectivity index (χ1) is 8.06. The van der Waals surface area contributed by atoms with E-state index >= 15 is 0 Å². The van der Waals surface area contributed by atoms with Gasteiger partial charge in [0.2, 0.25) is 6.10 Å². The molecular formula is C12H15NO4. The molecule has 2 unspecified atom stereocenters. The van der Waals surface area contributed by atoms with Gasteiger partial charge in [-0.3, -0.25) is 4.79 Å². The highest BCUT2D eigenvalue weighted by atomic mass is 16.6. The summed E-state index contributed by atoms with van der Waals surface area (Å²) >= 11 is 0. The number of benzene rings is 1. The van der Waals surface area contributed by atoms with E-state index in [0.29, 0.717) is 5.56 Å². The highest BCUT2D eigenvalue weighted by Gasteiger charge is 2.30. The Balaban J connectivity index is 2.90. The molecule has 17 heavy (non-hydrogen) atoms. The third-order valence-electron chi connectivity index (χ3n) is 2.24. The van der Waals surface area contributed by atoms with Crippen LogP contribution in [0.3, 0.4) is 0 Å². The molecule has 0 amide bonds. The molecule has 0 fully saturated rings. The molecule has 1 aromatic carbocycles. The fourth-order valence-corrected chi connectivity index (χ4v) is 1.41. The highest BCUT2D eigenvalue weighted by Crippen LogP contribution is 2.17. The SMILES string of the molecule is COC(=O)C(OC(C)=O)C(N)c1ccccc1. The number of rotatable bonds is 4. The van der Waals surface area contributed by atoms with Gasteiger partial charge in [0, 0.05) is 6.92 Å². The van der Waals surface area contributed by atoms with Gasteiger partial charge in [-0.1, -0.05) is 30.3 Å². The molecule has 0 bridgehead atoms. The second kappa shape index (κ2) is 6.00. The summed E-state index contributed by atoms with van der Waals surface area (Å²) in [6, 6.07) is 8.17. The maximum atomic E-state index is 11.5. The summed E-state index contributed by atoms with van der Waals surface area (Å²) in [7, 11) is 1.22. The van der Waals surface area contributed by atoms with Crippen molar-refractivity contribution in [1.82, 2.24) is 0 Å². The van der Waals surface area contributed by atoms with Crippen molar-refractivity contribution >= 4 is 11.9 Å². The normalized spacial score (nSPS) is 13.6. The summed E-state index contributed by atoms with van der Waals surface area (Å²) < 4.78 is 9.44. The molecule has 5 nitrogen and oxygen atoms in total. The van der Waals surface area contributed by atoms with E-state index in [0.717, 1.165) is 0 Å². The zero-order chi connectivity index (χ0) is 12.8. The molecule has 0 aromatic heterocycles. The Morgan fingerprint density at radius 1 is 1.24 bits per heavy atom. The Morgan fingerprint density at radius 3 is 2.29 bits per heavy atom. The van der Waals surface area contributed by atoms with Crippen LogP contribution in [-0.2, 0) is 19.1 Å². The van der Waals surface area contributed by atoms with Gasteiger partial charge in [-0.15, -0.1) is 0 Å². The first-order valence-corrected chi connectivity index (χ1v) is 5.12. The molecule has 2 N–H and O–H groups in total. The van der Waals surface area contributed by atoms with E-state index in [1.165, 1.54) is 14.0 Å². The predicted octanol–water partition coefficient (Wildman–Crippen LogP) is 0.791. The van der Waals surface area contributed by atoms with Crippen LogP contribution in [0.5, 0.6) is 0 Å². The fraction of sp³-hybridized carbons (Fsp3) is 0.333. The van der Waals surface area contributed by atoms with Crippen LogP contribution >= 0.6 is 0 Å². The van der Waals surface area contributed by atoms with Crippen molar-refractivity contribution in [1.29, 1.82) is 0 Å². The molecule has 2 atom stereocenters. The first-order valence-electron chi connectivity index (χ1n) is 5.12. The van der Waals surface area contributed by atoms with Crippen molar-refractivity contribution in [3.8, 4) is 0 Å². The number of ether oxygens (including phenoxy) is 2. The molecule has 92 valence electrons. The molecule has 0 aliphatic heterocycles. The third-order valence-corrected chi connectivity index (χ3v) is 2.24. The van der Waals surface area contributed by atoms with Crippen molar-refractivity contribution in [2.75, 3.05) is 7.11 Å². The average Bonchev–Trinajstić information content (AvgIpc) is 2.35. The van der Waals surface area contributed by atoms with Crippen molar-refractivity contribution in [2.45, 2.75) is 19.1 Å². The van der Waals surface area contributed by atoms with Crippen molar-refractivity contribution in [3.05, 3.63) is 35.9 Å². The van der Waals surface area contributed by atoms with Crippen LogP contribution in [0.2, 0.25) is 0 Å². The lowest BCUT2D eigenvalue weighted by Crippen LogP contribution is -2.38. The van der Waals surface area contributed by atoms with Crippen LogP contribution in [0.25, 0.3) is 0 Å². The Hall–Kier alpha value is -1.88. The average molecular weight is 237 g/mol. The molecular weight excluding hydrogens is 222 g/mol. The molecule has 5 heteroatoms. The molecule has 0 spiro atoms. The largest absolute Gasteiger partial charge is 0.466 e. The number of hydrogen-bond acceptors (Lipinski definition) is 5. The van der Waals surface area contributed by atoms with Gasteiger partial charge in [-0.2, -0.15) is 0 Å². The van der Waals surface area contributed by atoms with Crippen LogP contribution in [0.15, 0.2) is 30.3 Å². The zero-order valence-electron chi connectivity index (χ0n) is 9.75. The molecule has 0 aliphatic carbocycles. The maximum absolute atomic E-state index is 11.5. The Bertz CT molecular complexity index is 391. The molecule has 0 heterocycles. The van der Waals surface area contributed by atoms with Gasteiger partial charge in [-0.25, -0.2) is 4.79 Å². The van der Waals surface area contributed by atoms with E-state index in [4.69, 9.17) is 10.5 Å². The van der Waals surface area contributed by atoms with Gasteiger partial charge in [0.15, 0.2) is 0 Å². The summed E-state index contributed by atoms with van der Waals surface area (Å²) in [5, 5.41) is 0. The van der Waals surface area contributed by atoms with Crippen LogP contribution in [0.4, 0.5) is 0 Å². The number of hydrogen-bond donors (Lipinski definition) is 1. The number of esters is 2. The minimum Gasteiger partial charge on any atom is -0.466 e. The topological polar surface area (TPSA) is 78.6 Å². The highest BCUT2D eigenvalue weighted by molar-refractivity contribution is 5.79. The summed E-state index contributed by atoms with van der Waals surface area (Å²) in [6.45, 7) is 1.22. The third kappa shape index (κ3) is 3.57. The van der Waals surface area contributed by atoms with E-state index in [2.05, 4.69) is 4.74 Å². The molecule has 1 rings (SSSR count). The number of methoxy groups -OCH3 is 1. The standard InChI is InChI=1S/C12H15NO4/c1-8(14)17-11(12(15)16-2)10(13)9-6-4-3-5-7-9/h3-7,10-11H,13H2,1-2H3. The van der Waals surface area contributed by atoms with Crippen LogP contribution < -0.4 is 5.73 Å². The Labute approximate surface area is 99.5 Å². The van der Waals surface area contributed by atoms with Crippen molar-refractivity contribution in [2.24, 2.45) is 5.73 Å². The number of carbonyl (C=O) groups is 2. The minimum atomic E-state index is -1.13. The second-order valence-corrected chi connectivity index (χ2v) is 3.49. The number of carbonyl (C=O) groups excluding carboxylic acids is 2.